The number of nitrogens with zero attached hydrogens (tertiary/aromatic N) is 2. The van der Waals surface area contributed by atoms with Gasteiger partial charge in [0.15, 0.2) is 0 Å². The molecule has 1 aromatic heterocycles. The second-order valence-corrected chi connectivity index (χ2v) is 3.85. The van der Waals surface area contributed by atoms with Crippen LogP contribution in [-0.4, -0.2) is 38.8 Å². The molecule has 0 saturated carbocycles. The Labute approximate surface area is 104 Å². The van der Waals surface area contributed by atoms with Crippen molar-refractivity contribution in [2.24, 2.45) is 5.92 Å². The van der Waals surface area contributed by atoms with Crippen LogP contribution in [0.5, 0.6) is 6.01 Å². The molecule has 1 aromatic rings. The molecule has 8 heteroatoms. The number of ether oxygens (including phenoxy) is 1. The zero-order valence-electron chi connectivity index (χ0n) is 10.3. The maximum atomic E-state index is 11.5. The molecule has 1 heterocycles. The first kappa shape index (κ1) is 13.9. The quantitative estimate of drug-likeness (QED) is 0.659. The monoisotopic (exact) mass is 256 g/mol. The van der Waals surface area contributed by atoms with Crippen LogP contribution in [0.4, 0.5) is 5.95 Å². The molecular formula is C10H16N4O4. The lowest BCUT2D eigenvalue weighted by Gasteiger charge is -2.07. The summed E-state index contributed by atoms with van der Waals surface area (Å²) in [6.45, 7) is 3.92. The van der Waals surface area contributed by atoms with Crippen LogP contribution in [0.3, 0.4) is 0 Å². The van der Waals surface area contributed by atoms with Gasteiger partial charge in [0.05, 0.1) is 6.61 Å². The molecule has 3 N–H and O–H groups in total. The predicted molar refractivity (Wildman–Crippen MR) is 62.2 cm³/mol. The second-order valence-electron chi connectivity index (χ2n) is 3.85. The van der Waals surface area contributed by atoms with E-state index in [0.29, 0.717) is 6.61 Å². The van der Waals surface area contributed by atoms with Crippen molar-refractivity contribution in [3.63, 3.8) is 0 Å². The minimum Gasteiger partial charge on any atom is -0.481 e. The molecule has 0 spiro atoms. The Balaban J connectivity index is 2.41. The van der Waals surface area contributed by atoms with Crippen molar-refractivity contribution < 1.29 is 19.4 Å². The van der Waals surface area contributed by atoms with Crippen LogP contribution < -0.4 is 10.1 Å². The van der Waals surface area contributed by atoms with Gasteiger partial charge in [0.25, 0.3) is 0 Å². The number of nitrogens with one attached hydrogen (secondary N) is 2. The van der Waals surface area contributed by atoms with Crippen LogP contribution in [0.1, 0.15) is 26.7 Å². The largest absolute Gasteiger partial charge is 0.481 e. The maximum Gasteiger partial charge on any atom is 0.337 e. The van der Waals surface area contributed by atoms with Crippen molar-refractivity contribution >= 4 is 17.8 Å². The van der Waals surface area contributed by atoms with Gasteiger partial charge in [-0.15, -0.1) is 5.10 Å². The Morgan fingerprint density at radius 2 is 2.22 bits per heavy atom. The average Bonchev–Trinajstić information content (AvgIpc) is 2.64. The Morgan fingerprint density at radius 1 is 1.50 bits per heavy atom. The second kappa shape index (κ2) is 6.58. The molecule has 1 rings (SSSR count). The number of carboxylic acid groups (broad SMARTS) is 1. The van der Waals surface area contributed by atoms with Gasteiger partial charge in [0.1, 0.15) is 0 Å². The highest BCUT2D eigenvalue weighted by Gasteiger charge is 2.14. The molecule has 8 nitrogen and oxygen atoms in total. The topological polar surface area (TPSA) is 117 Å². The van der Waals surface area contributed by atoms with E-state index in [2.05, 4.69) is 20.5 Å². The van der Waals surface area contributed by atoms with E-state index < -0.39 is 5.97 Å². The molecule has 0 saturated heterocycles. The number of rotatable bonds is 7. The van der Waals surface area contributed by atoms with Crippen LogP contribution in [0, 0.1) is 5.92 Å². The molecule has 0 fully saturated rings. The lowest BCUT2D eigenvalue weighted by atomic mass is 10.0. The van der Waals surface area contributed by atoms with Gasteiger partial charge in [0, 0.05) is 12.8 Å². The fraction of sp³-hybridized carbons (Fsp3) is 0.600. The lowest BCUT2D eigenvalue weighted by Crippen LogP contribution is -2.17. The molecular weight excluding hydrogens is 240 g/mol. The molecule has 1 amide bonds. The third kappa shape index (κ3) is 4.81. The number of hydrogen-bond acceptors (Lipinski definition) is 5. The summed E-state index contributed by atoms with van der Waals surface area (Å²) in [6, 6.07) is 0.159. The zero-order valence-corrected chi connectivity index (χ0v) is 10.3. The number of amides is 1. The molecule has 1 atom stereocenters. The Kier molecular flexibility index (Phi) is 5.09. The molecule has 0 aromatic carbocycles. The SMILES string of the molecule is CCOc1n[nH]c(NC(=O)CC(C)CC(=O)O)n1. The molecule has 0 radical (unpaired) electrons. The summed E-state index contributed by atoms with van der Waals surface area (Å²) < 4.78 is 5.02. The Hall–Kier alpha value is -2.12. The van der Waals surface area contributed by atoms with Gasteiger partial charge < -0.3 is 9.84 Å². The third-order valence-corrected chi connectivity index (χ3v) is 2.05. The molecule has 1 unspecified atom stereocenters. The van der Waals surface area contributed by atoms with Crippen LogP contribution in [-0.2, 0) is 9.59 Å². The molecule has 100 valence electrons. The summed E-state index contributed by atoms with van der Waals surface area (Å²) in [5, 5.41) is 17.3. The van der Waals surface area contributed by atoms with Gasteiger partial charge in [-0.05, 0) is 12.8 Å². The minimum atomic E-state index is -0.923. The van der Waals surface area contributed by atoms with E-state index in [4.69, 9.17) is 9.84 Å². The molecule has 0 aliphatic rings. The minimum absolute atomic E-state index is 0.0476. The Bertz CT molecular complexity index is 418. The fourth-order valence-corrected chi connectivity index (χ4v) is 1.37. The van der Waals surface area contributed by atoms with Crippen LogP contribution in [0.15, 0.2) is 0 Å². The molecule has 0 aliphatic carbocycles. The van der Waals surface area contributed by atoms with Crippen molar-refractivity contribution in [2.45, 2.75) is 26.7 Å². The van der Waals surface area contributed by atoms with Gasteiger partial charge in [0.2, 0.25) is 11.9 Å². The maximum absolute atomic E-state index is 11.5. The van der Waals surface area contributed by atoms with Crippen LogP contribution in [0.2, 0.25) is 0 Å². The first-order valence-corrected chi connectivity index (χ1v) is 5.58. The summed E-state index contributed by atoms with van der Waals surface area (Å²) in [5.41, 5.74) is 0. The summed E-state index contributed by atoms with van der Waals surface area (Å²) in [5.74, 6) is -1.29. The van der Waals surface area contributed by atoms with E-state index in [1.54, 1.807) is 13.8 Å². The van der Waals surface area contributed by atoms with Crippen molar-refractivity contribution in [3.05, 3.63) is 0 Å². The van der Waals surface area contributed by atoms with Crippen molar-refractivity contribution in [3.8, 4) is 6.01 Å². The molecule has 0 aliphatic heterocycles. The number of aromatic nitrogens is 3. The Morgan fingerprint density at radius 3 is 2.83 bits per heavy atom. The van der Waals surface area contributed by atoms with Gasteiger partial charge in [-0.25, -0.2) is 5.10 Å². The van der Waals surface area contributed by atoms with Gasteiger partial charge >= 0.3 is 12.0 Å². The number of aromatic amines is 1. The third-order valence-electron chi connectivity index (χ3n) is 2.05. The van der Waals surface area contributed by atoms with E-state index in [1.807, 2.05) is 0 Å². The number of carbonyl (C=O) groups is 2. The number of anilines is 1. The van der Waals surface area contributed by atoms with E-state index in [0.717, 1.165) is 0 Å². The number of carbonyl (C=O) groups excluding carboxylic acids is 1. The average molecular weight is 256 g/mol. The lowest BCUT2D eigenvalue weighted by molar-refractivity contribution is -0.138. The highest BCUT2D eigenvalue weighted by atomic mass is 16.5. The van der Waals surface area contributed by atoms with Gasteiger partial charge in [-0.1, -0.05) is 6.92 Å². The van der Waals surface area contributed by atoms with E-state index in [1.165, 1.54) is 0 Å². The summed E-state index contributed by atoms with van der Waals surface area (Å²) in [4.78, 5) is 25.9. The highest BCUT2D eigenvalue weighted by Crippen LogP contribution is 2.10. The summed E-state index contributed by atoms with van der Waals surface area (Å²) in [6.07, 6.45) is 0.0605. The van der Waals surface area contributed by atoms with Crippen LogP contribution in [0.25, 0.3) is 0 Å². The first-order chi connectivity index (χ1) is 8.51. The number of carboxylic acids is 1. The smallest absolute Gasteiger partial charge is 0.337 e. The van der Waals surface area contributed by atoms with Gasteiger partial charge in [-0.2, -0.15) is 4.98 Å². The number of hydrogen-bond donors (Lipinski definition) is 3. The highest BCUT2D eigenvalue weighted by molar-refractivity contribution is 5.89. The predicted octanol–water partition coefficient (Wildman–Crippen LogP) is 0.643. The number of H-pyrrole nitrogens is 1. The standard InChI is InChI=1S/C10H16N4O4/c1-3-18-10-12-9(13-14-10)11-7(15)4-6(2)5-8(16)17/h6H,3-5H2,1-2H3,(H,16,17)(H2,11,12,13,14,15). The van der Waals surface area contributed by atoms with Crippen molar-refractivity contribution in [2.75, 3.05) is 11.9 Å². The van der Waals surface area contributed by atoms with Crippen molar-refractivity contribution in [1.82, 2.24) is 15.2 Å². The summed E-state index contributed by atoms with van der Waals surface area (Å²) >= 11 is 0. The molecule has 0 bridgehead atoms. The van der Waals surface area contributed by atoms with E-state index >= 15 is 0 Å². The summed E-state index contributed by atoms with van der Waals surface area (Å²) in [7, 11) is 0. The van der Waals surface area contributed by atoms with E-state index in [-0.39, 0.29) is 36.6 Å². The fourth-order valence-electron chi connectivity index (χ4n) is 1.37. The van der Waals surface area contributed by atoms with E-state index in [9.17, 15) is 9.59 Å². The van der Waals surface area contributed by atoms with Crippen LogP contribution >= 0.6 is 0 Å². The van der Waals surface area contributed by atoms with Crippen molar-refractivity contribution in [1.29, 1.82) is 0 Å². The normalized spacial score (nSPS) is 11.9. The first-order valence-electron chi connectivity index (χ1n) is 5.58. The number of aliphatic carboxylic acids is 1. The zero-order chi connectivity index (χ0) is 13.5. The van der Waals surface area contributed by atoms with Gasteiger partial charge in [-0.3, -0.25) is 14.9 Å². The molecule has 18 heavy (non-hydrogen) atoms.